The van der Waals surface area contributed by atoms with E-state index in [9.17, 15) is 9.59 Å². The Morgan fingerprint density at radius 2 is 1.80 bits per heavy atom. The molecule has 154 valence electrons. The first kappa shape index (κ1) is 20.6. The number of nitrogens with zero attached hydrogens (tertiary/aromatic N) is 2. The van der Waals surface area contributed by atoms with Crippen LogP contribution in [0.3, 0.4) is 0 Å². The zero-order chi connectivity index (χ0) is 21.5. The SMILES string of the molecule is COc1ccc(C=NNc2n[nH]c(C)c2C(=O)Nc2cccc(NC(C)=O)c2)cc1. The van der Waals surface area contributed by atoms with Gasteiger partial charge in [-0.3, -0.25) is 20.1 Å². The molecule has 2 aromatic carbocycles. The lowest BCUT2D eigenvalue weighted by molar-refractivity contribution is -0.114. The summed E-state index contributed by atoms with van der Waals surface area (Å²) in [6.45, 7) is 3.17. The van der Waals surface area contributed by atoms with Crippen LogP contribution in [0, 0.1) is 6.92 Å². The summed E-state index contributed by atoms with van der Waals surface area (Å²) in [5.74, 6) is 0.506. The molecule has 2 amide bonds. The van der Waals surface area contributed by atoms with Crippen molar-refractivity contribution >= 4 is 35.2 Å². The molecule has 0 radical (unpaired) electrons. The minimum Gasteiger partial charge on any atom is -0.497 e. The Morgan fingerprint density at radius 1 is 1.10 bits per heavy atom. The Hall–Kier alpha value is -4.14. The molecule has 3 rings (SSSR count). The summed E-state index contributed by atoms with van der Waals surface area (Å²) < 4.78 is 5.12. The molecule has 0 saturated carbocycles. The highest BCUT2D eigenvalue weighted by Gasteiger charge is 2.18. The van der Waals surface area contributed by atoms with E-state index in [1.54, 1.807) is 44.5 Å². The molecule has 0 atom stereocenters. The highest BCUT2D eigenvalue weighted by atomic mass is 16.5. The van der Waals surface area contributed by atoms with E-state index < -0.39 is 0 Å². The summed E-state index contributed by atoms with van der Waals surface area (Å²) in [7, 11) is 1.60. The maximum Gasteiger partial charge on any atom is 0.261 e. The lowest BCUT2D eigenvalue weighted by Gasteiger charge is -2.08. The molecule has 0 unspecified atom stereocenters. The normalized spacial score (nSPS) is 10.6. The first-order valence-electron chi connectivity index (χ1n) is 9.13. The maximum atomic E-state index is 12.8. The van der Waals surface area contributed by atoms with Crippen LogP contribution in [0.25, 0.3) is 0 Å². The fourth-order valence-electron chi connectivity index (χ4n) is 2.72. The van der Waals surface area contributed by atoms with E-state index in [1.165, 1.54) is 6.92 Å². The van der Waals surface area contributed by atoms with Gasteiger partial charge in [0, 0.05) is 24.0 Å². The summed E-state index contributed by atoms with van der Waals surface area (Å²) in [5, 5.41) is 16.5. The highest BCUT2D eigenvalue weighted by Crippen LogP contribution is 2.20. The van der Waals surface area contributed by atoms with Crippen LogP contribution in [-0.4, -0.2) is 35.3 Å². The Bertz CT molecular complexity index is 1070. The van der Waals surface area contributed by atoms with Gasteiger partial charge in [-0.2, -0.15) is 10.2 Å². The average molecular weight is 406 g/mol. The van der Waals surface area contributed by atoms with E-state index >= 15 is 0 Å². The number of H-pyrrole nitrogens is 1. The first-order valence-corrected chi connectivity index (χ1v) is 9.13. The van der Waals surface area contributed by atoms with Gasteiger partial charge in [-0.25, -0.2) is 0 Å². The molecule has 0 spiro atoms. The van der Waals surface area contributed by atoms with Crippen LogP contribution in [0.5, 0.6) is 5.75 Å². The van der Waals surface area contributed by atoms with Crippen LogP contribution < -0.4 is 20.8 Å². The lowest BCUT2D eigenvalue weighted by atomic mass is 10.2. The van der Waals surface area contributed by atoms with E-state index in [-0.39, 0.29) is 11.8 Å². The molecule has 0 saturated heterocycles. The largest absolute Gasteiger partial charge is 0.497 e. The second kappa shape index (κ2) is 9.37. The number of aryl methyl sites for hydroxylation is 1. The van der Waals surface area contributed by atoms with Crippen LogP contribution >= 0.6 is 0 Å². The molecular formula is C21H22N6O3. The number of methoxy groups -OCH3 is 1. The third-order valence-corrected chi connectivity index (χ3v) is 4.11. The average Bonchev–Trinajstić information content (AvgIpc) is 3.08. The number of anilines is 3. The third kappa shape index (κ3) is 5.22. The zero-order valence-electron chi connectivity index (χ0n) is 16.8. The van der Waals surface area contributed by atoms with Crippen molar-refractivity contribution < 1.29 is 14.3 Å². The van der Waals surface area contributed by atoms with Gasteiger partial charge in [0.05, 0.1) is 13.3 Å². The number of benzene rings is 2. The van der Waals surface area contributed by atoms with Gasteiger partial charge in [0.15, 0.2) is 5.82 Å². The second-order valence-electron chi connectivity index (χ2n) is 6.43. The molecule has 0 aliphatic rings. The molecule has 0 bridgehead atoms. The Morgan fingerprint density at radius 3 is 2.47 bits per heavy atom. The number of ether oxygens (including phenoxy) is 1. The van der Waals surface area contributed by atoms with Crippen molar-refractivity contribution in [3.63, 3.8) is 0 Å². The predicted molar refractivity (Wildman–Crippen MR) is 116 cm³/mol. The minimum absolute atomic E-state index is 0.189. The molecule has 30 heavy (non-hydrogen) atoms. The molecule has 0 fully saturated rings. The van der Waals surface area contributed by atoms with Gasteiger partial charge < -0.3 is 15.4 Å². The van der Waals surface area contributed by atoms with Gasteiger partial charge in [-0.1, -0.05) is 6.07 Å². The topological polar surface area (TPSA) is 120 Å². The fourth-order valence-corrected chi connectivity index (χ4v) is 2.72. The number of amides is 2. The first-order chi connectivity index (χ1) is 14.5. The zero-order valence-corrected chi connectivity index (χ0v) is 16.8. The number of carbonyl (C=O) groups excluding carboxylic acids is 2. The number of aromatic amines is 1. The minimum atomic E-state index is -0.358. The summed E-state index contributed by atoms with van der Waals surface area (Å²) >= 11 is 0. The molecule has 0 aliphatic heterocycles. The van der Waals surface area contributed by atoms with E-state index in [1.807, 2.05) is 24.3 Å². The van der Waals surface area contributed by atoms with E-state index in [2.05, 4.69) is 31.4 Å². The number of nitrogens with one attached hydrogen (secondary N) is 4. The standard InChI is InChI=1S/C21H22N6O3/c1-13-19(21(29)24-17-6-4-5-16(11-17)23-14(2)28)20(27-25-13)26-22-12-15-7-9-18(30-3)10-8-15/h4-12H,1-3H3,(H,23,28)(H,24,29)(H2,25,26,27). The van der Waals surface area contributed by atoms with Crippen molar-refractivity contribution in [3.05, 3.63) is 65.4 Å². The summed E-state index contributed by atoms with van der Waals surface area (Å²) in [4.78, 5) is 24.0. The second-order valence-corrected chi connectivity index (χ2v) is 6.43. The van der Waals surface area contributed by atoms with Crippen LogP contribution in [-0.2, 0) is 4.79 Å². The number of rotatable bonds is 7. The summed E-state index contributed by atoms with van der Waals surface area (Å²) in [6.07, 6.45) is 1.61. The molecule has 1 aromatic heterocycles. The molecule has 1 heterocycles. The monoisotopic (exact) mass is 406 g/mol. The smallest absolute Gasteiger partial charge is 0.261 e. The predicted octanol–water partition coefficient (Wildman–Crippen LogP) is 3.38. The van der Waals surface area contributed by atoms with Crippen LogP contribution in [0.15, 0.2) is 53.6 Å². The summed E-state index contributed by atoms with van der Waals surface area (Å²) in [5.41, 5.74) is 5.71. The van der Waals surface area contributed by atoms with Crippen molar-refractivity contribution in [2.45, 2.75) is 13.8 Å². The van der Waals surface area contributed by atoms with Crippen molar-refractivity contribution in [1.29, 1.82) is 0 Å². The number of hydrazone groups is 1. The Labute approximate surface area is 173 Å². The third-order valence-electron chi connectivity index (χ3n) is 4.11. The van der Waals surface area contributed by atoms with Crippen LogP contribution in [0.4, 0.5) is 17.2 Å². The maximum absolute atomic E-state index is 12.8. The fraction of sp³-hybridized carbons (Fsp3) is 0.143. The van der Waals surface area contributed by atoms with Gasteiger partial charge >= 0.3 is 0 Å². The van der Waals surface area contributed by atoms with E-state index in [4.69, 9.17) is 4.74 Å². The lowest BCUT2D eigenvalue weighted by Crippen LogP contribution is -2.14. The van der Waals surface area contributed by atoms with Gasteiger partial charge in [0.2, 0.25) is 5.91 Å². The van der Waals surface area contributed by atoms with Gasteiger partial charge in [0.1, 0.15) is 11.3 Å². The number of hydrogen-bond donors (Lipinski definition) is 4. The van der Waals surface area contributed by atoms with Crippen molar-refractivity contribution in [2.24, 2.45) is 5.10 Å². The Balaban J connectivity index is 1.70. The van der Waals surface area contributed by atoms with Crippen LogP contribution in [0.1, 0.15) is 28.5 Å². The van der Waals surface area contributed by atoms with Gasteiger partial charge in [-0.05, 0) is 55.0 Å². The molecule has 3 aromatic rings. The highest BCUT2D eigenvalue weighted by molar-refractivity contribution is 6.08. The van der Waals surface area contributed by atoms with Gasteiger partial charge in [0.25, 0.3) is 5.91 Å². The number of hydrogen-bond acceptors (Lipinski definition) is 6. The van der Waals surface area contributed by atoms with Crippen LogP contribution in [0.2, 0.25) is 0 Å². The molecule has 4 N–H and O–H groups in total. The molecule has 0 aliphatic carbocycles. The van der Waals surface area contributed by atoms with Gasteiger partial charge in [-0.15, -0.1) is 0 Å². The number of carbonyl (C=O) groups is 2. The van der Waals surface area contributed by atoms with E-state index in [0.717, 1.165) is 11.3 Å². The number of aromatic nitrogens is 2. The molecule has 9 nitrogen and oxygen atoms in total. The molecular weight excluding hydrogens is 384 g/mol. The summed E-state index contributed by atoms with van der Waals surface area (Å²) in [6, 6.07) is 14.2. The molecule has 9 heteroatoms. The van der Waals surface area contributed by atoms with Crippen molar-refractivity contribution in [2.75, 3.05) is 23.2 Å². The Kier molecular flexibility index (Phi) is 6.43. The quantitative estimate of drug-likeness (QED) is 0.354. The van der Waals surface area contributed by atoms with Crippen molar-refractivity contribution in [3.8, 4) is 5.75 Å². The van der Waals surface area contributed by atoms with E-state index in [0.29, 0.717) is 28.5 Å². The van der Waals surface area contributed by atoms with Crippen molar-refractivity contribution in [1.82, 2.24) is 10.2 Å².